The van der Waals surface area contributed by atoms with Crippen molar-refractivity contribution in [2.45, 2.75) is 65.5 Å². The number of hydrogen-bond acceptors (Lipinski definition) is 4. The summed E-state index contributed by atoms with van der Waals surface area (Å²) in [7, 11) is 0. The van der Waals surface area contributed by atoms with E-state index < -0.39 is 25.5 Å². The summed E-state index contributed by atoms with van der Waals surface area (Å²) in [5.74, 6) is 0. The number of benzene rings is 3. The molecule has 0 saturated carbocycles. The number of aromatic nitrogens is 3. The fourth-order valence-electron chi connectivity index (χ4n) is 5.38. The summed E-state index contributed by atoms with van der Waals surface area (Å²) < 4.78 is 72.5. The summed E-state index contributed by atoms with van der Waals surface area (Å²) in [4.78, 5) is 12.9. The standard InChI is InChI=1S/C32H33N2O.C11H8N.Ir/c1-20-19-33-28(27-10-8-9-25-26-16-11-21(2)34-30(26)35-29(25)27)17-22(20)18-32(6,7)24-14-12-23(13-15-24)31(3,4)5;1-2-6-10(7-3-1)11-8-4-5-9-12-11;/h8-9,11-17,19H,18H2,1-7H3;1-6,8-9H;/q2*-1;/i1D3,2D3,18D2;;. The zero-order valence-corrected chi connectivity index (χ0v) is 29.9. The average Bonchev–Trinajstić information content (AvgIpc) is 3.53. The third-order valence-electron chi connectivity index (χ3n) is 8.03. The summed E-state index contributed by atoms with van der Waals surface area (Å²) in [5, 5.41) is 1.26. The minimum Gasteiger partial charge on any atom is -0.486 e. The van der Waals surface area contributed by atoms with Gasteiger partial charge in [0.15, 0.2) is 0 Å². The van der Waals surface area contributed by atoms with E-state index in [9.17, 15) is 2.74 Å². The average molecular weight is 816 g/mol. The second-order valence-corrected chi connectivity index (χ2v) is 12.9. The second-order valence-electron chi connectivity index (χ2n) is 12.9. The molecule has 0 N–H and O–H groups in total. The van der Waals surface area contributed by atoms with E-state index in [0.717, 1.165) is 22.4 Å². The maximum atomic E-state index is 9.39. The number of rotatable bonds is 5. The second kappa shape index (κ2) is 14.4. The van der Waals surface area contributed by atoms with Crippen LogP contribution in [0.15, 0.2) is 114 Å². The van der Waals surface area contributed by atoms with Gasteiger partial charge in [-0.2, -0.15) is 0 Å². The predicted molar refractivity (Wildman–Crippen MR) is 193 cm³/mol. The first-order valence-corrected chi connectivity index (χ1v) is 15.4. The van der Waals surface area contributed by atoms with Crippen LogP contribution in [0.5, 0.6) is 0 Å². The Hall–Kier alpha value is -4.44. The van der Waals surface area contributed by atoms with Crippen LogP contribution in [0.3, 0.4) is 0 Å². The first kappa shape index (κ1) is 25.6. The smallest absolute Gasteiger partial charge is 0.216 e. The molecule has 7 aromatic rings. The predicted octanol–water partition coefficient (Wildman–Crippen LogP) is 10.8. The zero-order valence-electron chi connectivity index (χ0n) is 35.5. The molecule has 5 heteroatoms. The van der Waals surface area contributed by atoms with Gasteiger partial charge in [0.1, 0.15) is 0 Å². The van der Waals surface area contributed by atoms with E-state index in [0.29, 0.717) is 21.9 Å². The van der Waals surface area contributed by atoms with Crippen molar-refractivity contribution in [2.75, 3.05) is 0 Å². The van der Waals surface area contributed by atoms with E-state index in [4.69, 9.17) is 12.6 Å². The molecule has 7 rings (SSSR count). The van der Waals surface area contributed by atoms with Gasteiger partial charge in [-0.3, -0.25) is 0 Å². The molecule has 4 nitrogen and oxygen atoms in total. The van der Waals surface area contributed by atoms with E-state index >= 15 is 0 Å². The normalized spacial score (nSPS) is 14.9. The van der Waals surface area contributed by atoms with Gasteiger partial charge < -0.3 is 14.4 Å². The molecule has 1 radical (unpaired) electrons. The van der Waals surface area contributed by atoms with Crippen LogP contribution in [-0.2, 0) is 37.3 Å². The molecule has 0 amide bonds. The van der Waals surface area contributed by atoms with Crippen molar-refractivity contribution >= 4 is 22.1 Å². The Kier molecular flexibility index (Phi) is 7.64. The Morgan fingerprint density at radius 3 is 2.25 bits per heavy atom. The third kappa shape index (κ3) is 7.65. The number of hydrogen-bond donors (Lipinski definition) is 0. The van der Waals surface area contributed by atoms with Crippen LogP contribution in [0.25, 0.3) is 44.6 Å². The molecule has 245 valence electrons. The van der Waals surface area contributed by atoms with Gasteiger partial charge in [0.25, 0.3) is 0 Å². The molecule has 0 fully saturated rings. The summed E-state index contributed by atoms with van der Waals surface area (Å²) in [5.41, 5.74) is 3.48. The molecular weight excluding hydrogens is 767 g/mol. The summed E-state index contributed by atoms with van der Waals surface area (Å²) >= 11 is 0. The molecule has 0 atom stereocenters. The van der Waals surface area contributed by atoms with Gasteiger partial charge in [-0.05, 0) is 82.7 Å². The number of fused-ring (bicyclic) bond motifs is 3. The number of aryl methyl sites for hydroxylation is 2. The van der Waals surface area contributed by atoms with Crippen LogP contribution in [0.2, 0.25) is 0 Å². The van der Waals surface area contributed by atoms with Crippen LogP contribution < -0.4 is 0 Å². The molecule has 4 heterocycles. The van der Waals surface area contributed by atoms with Crippen molar-refractivity contribution in [2.24, 2.45) is 0 Å². The number of nitrogens with zero attached hydrogens (tertiary/aromatic N) is 3. The van der Waals surface area contributed by atoms with E-state index in [2.05, 4.69) is 47.9 Å². The van der Waals surface area contributed by atoms with Gasteiger partial charge in [-0.25, -0.2) is 4.98 Å². The van der Waals surface area contributed by atoms with Crippen LogP contribution in [-0.4, -0.2) is 15.0 Å². The van der Waals surface area contributed by atoms with Crippen molar-refractivity contribution in [1.82, 2.24) is 15.0 Å². The van der Waals surface area contributed by atoms with Crippen molar-refractivity contribution in [3.63, 3.8) is 0 Å². The summed E-state index contributed by atoms with van der Waals surface area (Å²) in [6.45, 7) is 4.83. The molecule has 0 aliphatic rings. The largest absolute Gasteiger partial charge is 0.486 e. The molecule has 0 aliphatic carbocycles. The SMILES string of the molecule is [2H]C([2H])([2H])c1ccc2c(n1)oc1c(-c3cc(C([2H])([2H])C(C)(C)c4ccc(C(C)(C)C)cc4)c(C([2H])([2H])[2H])cn3)[c-]ccc12.[Ir].[c-]1ccccc1-c1ccccn1. The van der Waals surface area contributed by atoms with Crippen LogP contribution >= 0.6 is 0 Å². The van der Waals surface area contributed by atoms with Gasteiger partial charge in [-0.15, -0.1) is 54.1 Å². The Bertz CT molecular complexity index is 2400. The topological polar surface area (TPSA) is 51.8 Å². The van der Waals surface area contributed by atoms with E-state index in [1.807, 2.05) is 66.7 Å². The minimum atomic E-state index is -2.62. The molecule has 3 aromatic carbocycles. The van der Waals surface area contributed by atoms with Gasteiger partial charge in [-0.1, -0.05) is 88.0 Å². The zero-order chi connectivity index (χ0) is 40.0. The molecule has 48 heavy (non-hydrogen) atoms. The first-order chi connectivity index (χ1) is 25.7. The third-order valence-corrected chi connectivity index (χ3v) is 8.03. The molecule has 0 saturated heterocycles. The minimum absolute atomic E-state index is 0. The molecule has 4 aromatic heterocycles. The Balaban J connectivity index is 0.000000391. The van der Waals surface area contributed by atoms with E-state index in [1.54, 1.807) is 38.2 Å². The van der Waals surface area contributed by atoms with Gasteiger partial charge in [0.2, 0.25) is 5.71 Å². The Morgan fingerprint density at radius 2 is 1.56 bits per heavy atom. The quantitative estimate of drug-likeness (QED) is 0.162. The van der Waals surface area contributed by atoms with E-state index in [1.165, 1.54) is 18.3 Å². The molecule has 0 unspecified atom stereocenters. The van der Waals surface area contributed by atoms with Crippen LogP contribution in [0.4, 0.5) is 0 Å². The monoisotopic (exact) mass is 816 g/mol. The Labute approximate surface area is 309 Å². The van der Waals surface area contributed by atoms with Crippen LogP contribution in [0, 0.1) is 25.8 Å². The molecular formula is C43H41IrN3O-2. The van der Waals surface area contributed by atoms with Gasteiger partial charge in [0, 0.05) is 54.5 Å². The number of pyridine rings is 3. The van der Waals surface area contributed by atoms with E-state index in [-0.39, 0.29) is 53.7 Å². The fourth-order valence-corrected chi connectivity index (χ4v) is 5.38. The molecule has 0 spiro atoms. The van der Waals surface area contributed by atoms with Crippen molar-refractivity contribution in [3.05, 3.63) is 150 Å². The number of furan rings is 1. The van der Waals surface area contributed by atoms with Gasteiger partial charge >= 0.3 is 0 Å². The molecule has 0 aliphatic heterocycles. The summed E-state index contributed by atoms with van der Waals surface area (Å²) in [6.07, 6.45) is 0.848. The maximum Gasteiger partial charge on any atom is 0.216 e. The maximum absolute atomic E-state index is 9.39. The summed E-state index contributed by atoms with van der Waals surface area (Å²) in [6, 6.07) is 35.7. The molecule has 0 bridgehead atoms. The Morgan fingerprint density at radius 1 is 0.771 bits per heavy atom. The fraction of sp³-hybridized carbons (Fsp3) is 0.233. The van der Waals surface area contributed by atoms with Crippen LogP contribution in [0.1, 0.15) is 73.5 Å². The van der Waals surface area contributed by atoms with Crippen molar-refractivity contribution in [1.29, 1.82) is 0 Å². The van der Waals surface area contributed by atoms with Gasteiger partial charge in [0.05, 0.1) is 5.58 Å². The van der Waals surface area contributed by atoms with Crippen molar-refractivity contribution < 1.29 is 35.5 Å². The first-order valence-electron chi connectivity index (χ1n) is 19.4. The van der Waals surface area contributed by atoms with Crippen molar-refractivity contribution in [3.8, 4) is 22.5 Å².